The number of thiazole rings is 1. The first-order valence-corrected chi connectivity index (χ1v) is 9.28. The maximum Gasteiger partial charge on any atom is 0.259 e. The number of nitrogens with one attached hydrogen (secondary N) is 1. The van der Waals surface area contributed by atoms with Gasteiger partial charge in [0.05, 0.1) is 16.3 Å². The molecular formula is C20H17N3O3S. The Morgan fingerprint density at radius 1 is 1.19 bits per heavy atom. The first-order valence-electron chi connectivity index (χ1n) is 8.40. The molecule has 0 spiro atoms. The summed E-state index contributed by atoms with van der Waals surface area (Å²) < 4.78 is 11.3. The summed E-state index contributed by atoms with van der Waals surface area (Å²) in [6.07, 6.45) is 0. The van der Waals surface area contributed by atoms with Crippen LogP contribution in [0.5, 0.6) is 5.75 Å². The normalized spacial score (nSPS) is 10.9. The minimum atomic E-state index is -0.250. The maximum absolute atomic E-state index is 12.7. The molecule has 7 heteroatoms. The van der Waals surface area contributed by atoms with Crippen molar-refractivity contribution in [3.05, 3.63) is 70.0 Å². The van der Waals surface area contributed by atoms with E-state index in [2.05, 4.69) is 15.3 Å². The lowest BCUT2D eigenvalue weighted by molar-refractivity contribution is 0.102. The highest BCUT2D eigenvalue weighted by atomic mass is 32.1. The van der Waals surface area contributed by atoms with Gasteiger partial charge in [-0.05, 0) is 37.3 Å². The maximum atomic E-state index is 12.7. The third-order valence-corrected chi connectivity index (χ3v) is 4.75. The van der Waals surface area contributed by atoms with Gasteiger partial charge < -0.3 is 14.5 Å². The van der Waals surface area contributed by atoms with Gasteiger partial charge >= 0.3 is 0 Å². The fourth-order valence-electron chi connectivity index (χ4n) is 2.73. The molecular weight excluding hydrogens is 362 g/mol. The molecule has 2 aromatic carbocycles. The van der Waals surface area contributed by atoms with Crippen LogP contribution in [0.1, 0.15) is 27.0 Å². The molecule has 6 nitrogen and oxygen atoms in total. The highest BCUT2D eigenvalue weighted by molar-refractivity contribution is 7.09. The van der Waals surface area contributed by atoms with Gasteiger partial charge in [-0.2, -0.15) is 0 Å². The highest BCUT2D eigenvalue weighted by Gasteiger charge is 2.14. The summed E-state index contributed by atoms with van der Waals surface area (Å²) in [4.78, 5) is 21.4. The lowest BCUT2D eigenvalue weighted by Crippen LogP contribution is -2.13. The van der Waals surface area contributed by atoms with Crippen molar-refractivity contribution in [1.82, 2.24) is 9.97 Å². The lowest BCUT2D eigenvalue weighted by atomic mass is 10.2. The molecule has 2 aromatic heterocycles. The molecule has 1 N–H and O–H groups in total. The summed E-state index contributed by atoms with van der Waals surface area (Å²) >= 11 is 1.57. The standard InChI is InChI=1S/C20H17N3O3S/c1-12-21-17-9-14(7-8-19(17)26-12)23-20(24)16-5-3-4-6-18(16)25-10-15-11-27-13(2)22-15/h3-9,11H,10H2,1-2H3,(H,23,24). The van der Waals surface area contributed by atoms with E-state index in [1.807, 2.05) is 18.4 Å². The minimum absolute atomic E-state index is 0.250. The number of nitrogens with zero attached hydrogens (tertiary/aromatic N) is 2. The summed E-state index contributed by atoms with van der Waals surface area (Å²) in [6.45, 7) is 4.05. The van der Waals surface area contributed by atoms with Crippen LogP contribution in [0.2, 0.25) is 0 Å². The van der Waals surface area contributed by atoms with Gasteiger partial charge in [0.15, 0.2) is 11.5 Å². The van der Waals surface area contributed by atoms with Crippen molar-refractivity contribution in [1.29, 1.82) is 0 Å². The second-order valence-electron chi connectivity index (χ2n) is 6.01. The number of amides is 1. The first-order chi connectivity index (χ1) is 13.1. The first kappa shape index (κ1) is 17.2. The monoisotopic (exact) mass is 379 g/mol. The topological polar surface area (TPSA) is 77.2 Å². The number of aromatic nitrogens is 2. The molecule has 1 amide bonds. The van der Waals surface area contributed by atoms with E-state index in [-0.39, 0.29) is 5.91 Å². The number of anilines is 1. The van der Waals surface area contributed by atoms with Crippen LogP contribution in [0.3, 0.4) is 0 Å². The van der Waals surface area contributed by atoms with Gasteiger partial charge in [0.25, 0.3) is 5.91 Å². The fourth-order valence-corrected chi connectivity index (χ4v) is 3.32. The van der Waals surface area contributed by atoms with Gasteiger partial charge in [0.2, 0.25) is 0 Å². The predicted molar refractivity (Wildman–Crippen MR) is 104 cm³/mol. The Kier molecular flexibility index (Phi) is 4.60. The van der Waals surface area contributed by atoms with Crippen LogP contribution in [0.15, 0.2) is 52.3 Å². The SMILES string of the molecule is Cc1nc2cc(NC(=O)c3ccccc3OCc3csc(C)n3)ccc2o1. The van der Waals surface area contributed by atoms with Crippen molar-refractivity contribution in [3.8, 4) is 5.75 Å². The van der Waals surface area contributed by atoms with E-state index in [1.165, 1.54) is 0 Å². The van der Waals surface area contributed by atoms with E-state index in [4.69, 9.17) is 9.15 Å². The molecule has 0 aliphatic heterocycles. The van der Waals surface area contributed by atoms with Crippen LogP contribution < -0.4 is 10.1 Å². The van der Waals surface area contributed by atoms with Crippen molar-refractivity contribution >= 4 is 34.0 Å². The van der Waals surface area contributed by atoms with E-state index < -0.39 is 0 Å². The van der Waals surface area contributed by atoms with E-state index in [0.717, 1.165) is 10.7 Å². The summed E-state index contributed by atoms with van der Waals surface area (Å²) in [5.41, 5.74) is 3.34. The zero-order valence-corrected chi connectivity index (χ0v) is 15.7. The molecule has 0 saturated carbocycles. The Morgan fingerprint density at radius 2 is 2.04 bits per heavy atom. The molecule has 0 aliphatic rings. The third-order valence-electron chi connectivity index (χ3n) is 3.93. The molecule has 4 rings (SSSR count). The zero-order valence-electron chi connectivity index (χ0n) is 14.9. The van der Waals surface area contributed by atoms with Crippen molar-refractivity contribution in [2.45, 2.75) is 20.5 Å². The van der Waals surface area contributed by atoms with Crippen molar-refractivity contribution in [3.63, 3.8) is 0 Å². The van der Waals surface area contributed by atoms with E-state index in [0.29, 0.717) is 40.6 Å². The quantitative estimate of drug-likeness (QED) is 0.542. The number of carbonyl (C=O) groups is 1. The second-order valence-corrected chi connectivity index (χ2v) is 7.07. The van der Waals surface area contributed by atoms with Crippen LogP contribution in [0.4, 0.5) is 5.69 Å². The smallest absolute Gasteiger partial charge is 0.259 e. The highest BCUT2D eigenvalue weighted by Crippen LogP contribution is 2.23. The fraction of sp³-hybridized carbons (Fsp3) is 0.150. The Labute approximate surface area is 159 Å². The number of hydrogen-bond acceptors (Lipinski definition) is 6. The van der Waals surface area contributed by atoms with Crippen LogP contribution >= 0.6 is 11.3 Å². The summed E-state index contributed by atoms with van der Waals surface area (Å²) in [5.74, 6) is 0.850. The van der Waals surface area contributed by atoms with Gasteiger partial charge in [-0.1, -0.05) is 12.1 Å². The van der Waals surface area contributed by atoms with Gasteiger partial charge in [-0.3, -0.25) is 4.79 Å². The van der Waals surface area contributed by atoms with Gasteiger partial charge in [-0.15, -0.1) is 11.3 Å². The molecule has 136 valence electrons. The number of carbonyl (C=O) groups excluding carboxylic acids is 1. The van der Waals surface area contributed by atoms with Crippen LogP contribution in [0, 0.1) is 13.8 Å². The van der Waals surface area contributed by atoms with Gasteiger partial charge in [0.1, 0.15) is 17.9 Å². The Bertz CT molecular complexity index is 1120. The van der Waals surface area contributed by atoms with E-state index in [9.17, 15) is 4.79 Å². The number of oxazole rings is 1. The Hall–Kier alpha value is -3.19. The number of hydrogen-bond donors (Lipinski definition) is 1. The van der Waals surface area contributed by atoms with Crippen molar-refractivity contribution in [2.75, 3.05) is 5.32 Å². The second kappa shape index (κ2) is 7.20. The van der Waals surface area contributed by atoms with Crippen LogP contribution in [-0.2, 0) is 6.61 Å². The number of aryl methyl sites for hydroxylation is 2. The molecule has 4 aromatic rings. The summed E-state index contributed by atoms with van der Waals surface area (Å²) in [5, 5.41) is 5.82. The zero-order chi connectivity index (χ0) is 18.8. The molecule has 27 heavy (non-hydrogen) atoms. The largest absolute Gasteiger partial charge is 0.486 e. The molecule has 0 aliphatic carbocycles. The van der Waals surface area contributed by atoms with Crippen molar-refractivity contribution < 1.29 is 13.9 Å². The predicted octanol–water partition coefficient (Wildman–Crippen LogP) is 4.73. The molecule has 0 radical (unpaired) electrons. The Balaban J connectivity index is 1.52. The average molecular weight is 379 g/mol. The average Bonchev–Trinajstić information content (AvgIpc) is 3.24. The molecule has 0 saturated heterocycles. The van der Waals surface area contributed by atoms with E-state index in [1.54, 1.807) is 54.7 Å². The minimum Gasteiger partial charge on any atom is -0.486 e. The van der Waals surface area contributed by atoms with Gasteiger partial charge in [-0.25, -0.2) is 9.97 Å². The van der Waals surface area contributed by atoms with E-state index >= 15 is 0 Å². The molecule has 0 bridgehead atoms. The molecule has 0 unspecified atom stereocenters. The lowest BCUT2D eigenvalue weighted by Gasteiger charge is -2.11. The number of fused-ring (bicyclic) bond motifs is 1. The Morgan fingerprint density at radius 3 is 2.85 bits per heavy atom. The molecule has 2 heterocycles. The summed E-state index contributed by atoms with van der Waals surface area (Å²) in [7, 11) is 0. The number of rotatable bonds is 5. The number of ether oxygens (including phenoxy) is 1. The summed E-state index contributed by atoms with van der Waals surface area (Å²) in [6, 6.07) is 12.5. The number of para-hydroxylation sites is 1. The van der Waals surface area contributed by atoms with Crippen molar-refractivity contribution in [2.24, 2.45) is 0 Å². The van der Waals surface area contributed by atoms with Crippen LogP contribution in [-0.4, -0.2) is 15.9 Å². The molecule has 0 atom stereocenters. The van der Waals surface area contributed by atoms with Crippen LogP contribution in [0.25, 0.3) is 11.1 Å². The third kappa shape index (κ3) is 3.83. The number of benzene rings is 2. The molecule has 0 fully saturated rings. The van der Waals surface area contributed by atoms with Gasteiger partial charge in [0, 0.05) is 18.0 Å².